The van der Waals surface area contributed by atoms with Crippen molar-refractivity contribution in [1.29, 1.82) is 0 Å². The Morgan fingerprint density at radius 1 is 1.05 bits per heavy atom. The van der Waals surface area contributed by atoms with Crippen LogP contribution in [0.3, 0.4) is 0 Å². The minimum absolute atomic E-state index is 0.0106. The topological polar surface area (TPSA) is 75.6 Å². The van der Waals surface area contributed by atoms with Crippen molar-refractivity contribution in [3.63, 3.8) is 0 Å². The molecule has 0 heterocycles. The second-order valence-corrected chi connectivity index (χ2v) is 6.32. The van der Waals surface area contributed by atoms with Gasteiger partial charge in [0.2, 0.25) is 5.91 Å². The second-order valence-electron chi connectivity index (χ2n) is 6.32. The lowest BCUT2D eigenvalue weighted by Gasteiger charge is -2.22. The van der Waals surface area contributed by atoms with Crippen LogP contribution in [0.2, 0.25) is 0 Å². The quantitative estimate of drug-likeness (QED) is 0.707. The normalized spacial score (nSPS) is 26.7. The average molecular weight is 297 g/mol. The number of aliphatic carboxylic acids is 1. The molecule has 1 amide bonds. The summed E-state index contributed by atoms with van der Waals surface area (Å²) in [6, 6.07) is 0. The van der Waals surface area contributed by atoms with Gasteiger partial charge in [0.25, 0.3) is 0 Å². The van der Waals surface area contributed by atoms with E-state index in [4.69, 9.17) is 9.84 Å². The minimum atomic E-state index is -0.772. The Balaban J connectivity index is 1.52. The van der Waals surface area contributed by atoms with Gasteiger partial charge in [0.1, 0.15) is 0 Å². The van der Waals surface area contributed by atoms with Gasteiger partial charge < -0.3 is 15.2 Å². The van der Waals surface area contributed by atoms with Gasteiger partial charge in [0.05, 0.1) is 12.0 Å². The minimum Gasteiger partial charge on any atom is -0.481 e. The number of amides is 1. The fraction of sp³-hybridized carbons (Fsp3) is 0.875. The number of carboxylic acid groups (broad SMARTS) is 1. The van der Waals surface area contributed by atoms with Gasteiger partial charge in [0, 0.05) is 19.1 Å². The summed E-state index contributed by atoms with van der Waals surface area (Å²) in [6.07, 6.45) is 9.27. The Hall–Kier alpha value is -1.10. The Bertz CT molecular complexity index is 352. The number of rotatable bonds is 7. The molecule has 2 rings (SSSR count). The summed E-state index contributed by atoms with van der Waals surface area (Å²) in [5.41, 5.74) is 0. The molecule has 2 aliphatic rings. The van der Waals surface area contributed by atoms with Crippen molar-refractivity contribution >= 4 is 11.9 Å². The Labute approximate surface area is 126 Å². The molecule has 2 fully saturated rings. The van der Waals surface area contributed by atoms with Crippen LogP contribution < -0.4 is 5.32 Å². The molecule has 5 nitrogen and oxygen atoms in total. The highest BCUT2D eigenvalue weighted by molar-refractivity contribution is 5.80. The van der Waals surface area contributed by atoms with E-state index in [2.05, 4.69) is 5.32 Å². The molecule has 120 valence electrons. The lowest BCUT2D eigenvalue weighted by molar-refractivity contribution is -0.141. The van der Waals surface area contributed by atoms with Gasteiger partial charge in [-0.1, -0.05) is 19.3 Å². The third kappa shape index (κ3) is 5.30. The van der Waals surface area contributed by atoms with Crippen molar-refractivity contribution in [2.75, 3.05) is 13.2 Å². The molecule has 0 spiro atoms. The van der Waals surface area contributed by atoms with E-state index in [-0.39, 0.29) is 17.7 Å². The van der Waals surface area contributed by atoms with Crippen molar-refractivity contribution in [1.82, 2.24) is 5.32 Å². The summed E-state index contributed by atoms with van der Waals surface area (Å²) in [6.45, 7) is 1.33. The first kappa shape index (κ1) is 16.3. The smallest absolute Gasteiger partial charge is 0.306 e. The van der Waals surface area contributed by atoms with Gasteiger partial charge >= 0.3 is 5.97 Å². The van der Waals surface area contributed by atoms with Crippen molar-refractivity contribution < 1.29 is 19.4 Å². The van der Waals surface area contributed by atoms with Crippen molar-refractivity contribution in [2.45, 2.75) is 63.9 Å². The first-order valence-electron chi connectivity index (χ1n) is 8.29. The first-order chi connectivity index (χ1) is 10.2. The van der Waals surface area contributed by atoms with Gasteiger partial charge in [-0.2, -0.15) is 0 Å². The van der Waals surface area contributed by atoms with E-state index in [0.717, 1.165) is 6.42 Å². The standard InChI is InChI=1S/C16H27NO4/c18-15(12-7-8-13(11-12)16(19)20)17-9-4-10-21-14-5-2-1-3-6-14/h12-14H,1-11H2,(H,17,18)(H,19,20)/t12-,13+/m1/s1. The number of carbonyl (C=O) groups is 2. The van der Waals surface area contributed by atoms with Gasteiger partial charge in [-0.05, 0) is 38.5 Å². The molecule has 0 bridgehead atoms. The molecule has 2 aliphatic carbocycles. The Morgan fingerprint density at radius 3 is 2.43 bits per heavy atom. The van der Waals surface area contributed by atoms with E-state index in [1.807, 2.05) is 0 Å². The van der Waals surface area contributed by atoms with E-state index in [9.17, 15) is 9.59 Å². The summed E-state index contributed by atoms with van der Waals surface area (Å²) in [5.74, 6) is -1.22. The van der Waals surface area contributed by atoms with E-state index >= 15 is 0 Å². The first-order valence-corrected chi connectivity index (χ1v) is 8.29. The Kier molecular flexibility index (Phi) is 6.49. The highest BCUT2D eigenvalue weighted by Gasteiger charge is 2.33. The van der Waals surface area contributed by atoms with E-state index < -0.39 is 5.97 Å². The molecular weight excluding hydrogens is 270 g/mol. The van der Waals surface area contributed by atoms with Crippen LogP contribution in [0, 0.1) is 11.8 Å². The van der Waals surface area contributed by atoms with E-state index in [0.29, 0.717) is 38.5 Å². The highest BCUT2D eigenvalue weighted by Crippen LogP contribution is 2.31. The fourth-order valence-electron chi connectivity index (χ4n) is 3.35. The highest BCUT2D eigenvalue weighted by atomic mass is 16.5. The molecule has 0 aromatic rings. The van der Waals surface area contributed by atoms with Gasteiger partial charge in [-0.3, -0.25) is 9.59 Å². The molecule has 0 aromatic carbocycles. The zero-order valence-electron chi connectivity index (χ0n) is 12.7. The molecule has 0 unspecified atom stereocenters. The molecule has 0 aliphatic heterocycles. The number of carbonyl (C=O) groups excluding carboxylic acids is 1. The van der Waals surface area contributed by atoms with Crippen LogP contribution in [-0.4, -0.2) is 36.2 Å². The molecular formula is C16H27NO4. The predicted octanol–water partition coefficient (Wildman–Crippen LogP) is 2.34. The SMILES string of the molecule is O=C(O)[C@H]1CC[C@@H](C(=O)NCCCOC2CCCCC2)C1. The lowest BCUT2D eigenvalue weighted by Crippen LogP contribution is -2.31. The summed E-state index contributed by atoms with van der Waals surface area (Å²) < 4.78 is 5.81. The molecule has 0 aromatic heterocycles. The predicted molar refractivity (Wildman–Crippen MR) is 78.9 cm³/mol. The van der Waals surface area contributed by atoms with Crippen LogP contribution >= 0.6 is 0 Å². The second kappa shape index (κ2) is 8.37. The average Bonchev–Trinajstić information content (AvgIpc) is 2.98. The van der Waals surface area contributed by atoms with Gasteiger partial charge in [-0.25, -0.2) is 0 Å². The summed E-state index contributed by atoms with van der Waals surface area (Å²) in [4.78, 5) is 22.8. The lowest BCUT2D eigenvalue weighted by atomic mass is 9.98. The van der Waals surface area contributed by atoms with Gasteiger partial charge in [-0.15, -0.1) is 0 Å². The van der Waals surface area contributed by atoms with E-state index in [1.165, 1.54) is 32.1 Å². The maximum Gasteiger partial charge on any atom is 0.306 e. The number of ether oxygens (including phenoxy) is 1. The molecule has 21 heavy (non-hydrogen) atoms. The summed E-state index contributed by atoms with van der Waals surface area (Å²) in [7, 11) is 0. The zero-order chi connectivity index (χ0) is 15.1. The van der Waals surface area contributed by atoms with Crippen LogP contribution in [0.5, 0.6) is 0 Å². The van der Waals surface area contributed by atoms with Crippen LogP contribution in [0.25, 0.3) is 0 Å². The fourth-order valence-corrected chi connectivity index (χ4v) is 3.35. The number of hydrogen-bond donors (Lipinski definition) is 2. The van der Waals surface area contributed by atoms with Crippen molar-refractivity contribution in [2.24, 2.45) is 11.8 Å². The third-order valence-corrected chi connectivity index (χ3v) is 4.68. The van der Waals surface area contributed by atoms with Gasteiger partial charge in [0.15, 0.2) is 0 Å². The molecule has 0 radical (unpaired) electrons. The molecule has 5 heteroatoms. The van der Waals surface area contributed by atoms with E-state index in [1.54, 1.807) is 0 Å². The Morgan fingerprint density at radius 2 is 1.76 bits per heavy atom. The monoisotopic (exact) mass is 297 g/mol. The largest absolute Gasteiger partial charge is 0.481 e. The maximum atomic E-state index is 11.9. The van der Waals surface area contributed by atoms with Crippen LogP contribution in [0.1, 0.15) is 57.8 Å². The number of hydrogen-bond acceptors (Lipinski definition) is 3. The van der Waals surface area contributed by atoms with Crippen molar-refractivity contribution in [3.8, 4) is 0 Å². The third-order valence-electron chi connectivity index (χ3n) is 4.68. The number of nitrogens with one attached hydrogen (secondary N) is 1. The van der Waals surface area contributed by atoms with Crippen molar-refractivity contribution in [3.05, 3.63) is 0 Å². The maximum absolute atomic E-state index is 11.9. The summed E-state index contributed by atoms with van der Waals surface area (Å²) >= 11 is 0. The van der Waals surface area contributed by atoms with Crippen LogP contribution in [0.4, 0.5) is 0 Å². The number of carboxylic acids is 1. The summed E-state index contributed by atoms with van der Waals surface area (Å²) in [5, 5.41) is 11.8. The molecule has 2 saturated carbocycles. The van der Waals surface area contributed by atoms with Crippen LogP contribution in [-0.2, 0) is 14.3 Å². The van der Waals surface area contributed by atoms with Crippen LogP contribution in [0.15, 0.2) is 0 Å². The molecule has 2 atom stereocenters. The molecule has 2 N–H and O–H groups in total. The molecule has 0 saturated heterocycles. The zero-order valence-corrected chi connectivity index (χ0v) is 12.7.